The molecule has 8 heterocycles. The van der Waals surface area contributed by atoms with Gasteiger partial charge >= 0.3 is 0 Å². The van der Waals surface area contributed by atoms with E-state index >= 15 is 0 Å². The van der Waals surface area contributed by atoms with Crippen molar-refractivity contribution in [3.05, 3.63) is 89.6 Å². The van der Waals surface area contributed by atoms with Gasteiger partial charge in [-0.2, -0.15) is 5.10 Å². The van der Waals surface area contributed by atoms with Gasteiger partial charge in [-0.05, 0) is 56.2 Å². The van der Waals surface area contributed by atoms with Crippen molar-refractivity contribution in [2.24, 2.45) is 0 Å². The Morgan fingerprint density at radius 3 is 2.54 bits per heavy atom. The maximum absolute atomic E-state index is 5.35. The van der Waals surface area contributed by atoms with Crippen molar-refractivity contribution in [3.63, 3.8) is 0 Å². The van der Waals surface area contributed by atoms with Gasteiger partial charge in [0.2, 0.25) is 5.89 Å². The standard InChI is InChI=1S/C29H29N9O/c1-18-9-22(11-23-10-19(2)35-36-23)34-28(33-18)21-4-6-27(32-14-21)37-16-24-12-25(17-37)38(24)15-20-3-5-26(31-13-20)29-30-7-8-39-29/h3-10,13-14,24-25H,11-12,15-17H2,1-2H3,(H,35,36). The first-order chi connectivity index (χ1) is 19.1. The molecule has 1 N–H and O–H groups in total. The third kappa shape index (κ3) is 4.79. The largest absolute Gasteiger partial charge is 0.443 e. The van der Waals surface area contributed by atoms with Crippen LogP contribution in [0.1, 0.15) is 34.8 Å². The zero-order valence-electron chi connectivity index (χ0n) is 21.9. The normalized spacial score (nSPS) is 18.8. The molecule has 5 aromatic heterocycles. The molecule has 2 unspecified atom stereocenters. The number of piperazine rings is 1. The number of anilines is 1. The van der Waals surface area contributed by atoms with Crippen molar-refractivity contribution in [1.82, 2.24) is 40.0 Å². The Balaban J connectivity index is 0.996. The first kappa shape index (κ1) is 23.7. The lowest BCUT2D eigenvalue weighted by Gasteiger charge is -2.56. The van der Waals surface area contributed by atoms with Gasteiger partial charge in [-0.25, -0.2) is 19.9 Å². The summed E-state index contributed by atoms with van der Waals surface area (Å²) >= 11 is 0. The summed E-state index contributed by atoms with van der Waals surface area (Å²) < 4.78 is 5.35. The lowest BCUT2D eigenvalue weighted by Crippen LogP contribution is -2.68. The Kier molecular flexibility index (Phi) is 5.89. The molecule has 5 aromatic rings. The van der Waals surface area contributed by atoms with E-state index < -0.39 is 0 Å². The third-order valence-corrected chi connectivity index (χ3v) is 7.54. The first-order valence-corrected chi connectivity index (χ1v) is 13.2. The monoisotopic (exact) mass is 519 g/mol. The highest BCUT2D eigenvalue weighted by Gasteiger charge is 2.44. The van der Waals surface area contributed by atoms with E-state index in [0.29, 0.717) is 30.2 Å². The molecule has 196 valence electrons. The van der Waals surface area contributed by atoms with E-state index in [2.05, 4.69) is 53.1 Å². The highest BCUT2D eigenvalue weighted by molar-refractivity contribution is 5.57. The van der Waals surface area contributed by atoms with Gasteiger partial charge in [0.1, 0.15) is 17.8 Å². The van der Waals surface area contributed by atoms with Crippen molar-refractivity contribution in [1.29, 1.82) is 0 Å². The molecule has 0 aromatic carbocycles. The van der Waals surface area contributed by atoms with Crippen molar-refractivity contribution in [2.75, 3.05) is 18.0 Å². The van der Waals surface area contributed by atoms with Crippen LogP contribution in [0.2, 0.25) is 0 Å². The van der Waals surface area contributed by atoms with Gasteiger partial charge in [-0.3, -0.25) is 15.0 Å². The van der Waals surface area contributed by atoms with E-state index in [1.165, 1.54) is 12.0 Å². The Morgan fingerprint density at radius 2 is 1.85 bits per heavy atom. The number of nitrogens with zero attached hydrogens (tertiary/aromatic N) is 8. The number of rotatable bonds is 7. The lowest BCUT2D eigenvalue weighted by atomic mass is 9.87. The van der Waals surface area contributed by atoms with Gasteiger partial charge in [0.25, 0.3) is 0 Å². The lowest BCUT2D eigenvalue weighted by molar-refractivity contribution is -0.00875. The van der Waals surface area contributed by atoms with Crippen molar-refractivity contribution < 1.29 is 4.42 Å². The summed E-state index contributed by atoms with van der Waals surface area (Å²) in [5.74, 6) is 2.26. The Bertz CT molecular complexity index is 1570. The zero-order valence-corrected chi connectivity index (χ0v) is 21.9. The van der Waals surface area contributed by atoms with E-state index in [1.54, 1.807) is 12.5 Å². The molecule has 0 saturated carbocycles. The smallest absolute Gasteiger partial charge is 0.244 e. The highest BCUT2D eigenvalue weighted by atomic mass is 16.3. The molecule has 0 radical (unpaired) electrons. The van der Waals surface area contributed by atoms with Gasteiger partial charge in [0, 0.05) is 67.5 Å². The van der Waals surface area contributed by atoms with Gasteiger partial charge in [0.15, 0.2) is 5.82 Å². The van der Waals surface area contributed by atoms with Crippen LogP contribution in [0.4, 0.5) is 5.82 Å². The molecule has 2 bridgehead atoms. The predicted octanol–water partition coefficient (Wildman–Crippen LogP) is 3.98. The maximum Gasteiger partial charge on any atom is 0.244 e. The molecule has 0 aliphatic carbocycles. The van der Waals surface area contributed by atoms with Gasteiger partial charge in [-0.15, -0.1) is 0 Å². The van der Waals surface area contributed by atoms with Crippen LogP contribution in [-0.2, 0) is 13.0 Å². The molecule has 3 aliphatic heterocycles. The quantitative estimate of drug-likeness (QED) is 0.341. The van der Waals surface area contributed by atoms with Crippen molar-refractivity contribution in [3.8, 4) is 23.0 Å². The molecule has 3 fully saturated rings. The highest BCUT2D eigenvalue weighted by Crippen LogP contribution is 2.35. The summed E-state index contributed by atoms with van der Waals surface area (Å²) in [6.45, 7) is 6.84. The number of nitrogens with one attached hydrogen (secondary N) is 1. The van der Waals surface area contributed by atoms with Crippen LogP contribution in [0.15, 0.2) is 65.7 Å². The number of H-pyrrole nitrogens is 1. The fraction of sp³-hybridized carbons (Fsp3) is 0.310. The Hall–Kier alpha value is -4.44. The topological polar surface area (TPSA) is 113 Å². The summed E-state index contributed by atoms with van der Waals surface area (Å²) in [4.78, 5) is 28.0. The van der Waals surface area contributed by atoms with Crippen molar-refractivity contribution in [2.45, 2.75) is 45.3 Å². The summed E-state index contributed by atoms with van der Waals surface area (Å²) in [5, 5.41) is 7.34. The Morgan fingerprint density at radius 1 is 0.949 bits per heavy atom. The van der Waals surface area contributed by atoms with E-state index in [0.717, 1.165) is 59.5 Å². The third-order valence-electron chi connectivity index (χ3n) is 7.54. The summed E-state index contributed by atoms with van der Waals surface area (Å²) in [5.41, 5.74) is 6.79. The van der Waals surface area contributed by atoms with Crippen LogP contribution < -0.4 is 4.90 Å². The van der Waals surface area contributed by atoms with E-state index in [1.807, 2.05) is 44.4 Å². The molecule has 10 nitrogen and oxygen atoms in total. The predicted molar refractivity (Wildman–Crippen MR) is 146 cm³/mol. The second-order valence-corrected chi connectivity index (χ2v) is 10.5. The number of aryl methyl sites for hydroxylation is 2. The van der Waals surface area contributed by atoms with Gasteiger partial charge in [0.05, 0.1) is 17.6 Å². The first-order valence-electron chi connectivity index (χ1n) is 13.2. The van der Waals surface area contributed by atoms with E-state index in [9.17, 15) is 0 Å². The summed E-state index contributed by atoms with van der Waals surface area (Å²) in [6.07, 6.45) is 8.92. The maximum atomic E-state index is 5.35. The number of aromatic nitrogens is 7. The van der Waals surface area contributed by atoms with Gasteiger partial charge in [-0.1, -0.05) is 6.07 Å². The van der Waals surface area contributed by atoms with Crippen LogP contribution in [0.3, 0.4) is 0 Å². The Labute approximate surface area is 226 Å². The minimum Gasteiger partial charge on any atom is -0.443 e. The number of aromatic amines is 1. The minimum atomic E-state index is 0.519. The van der Waals surface area contributed by atoms with Crippen LogP contribution >= 0.6 is 0 Å². The van der Waals surface area contributed by atoms with Gasteiger partial charge < -0.3 is 9.32 Å². The molecular formula is C29H29N9O. The molecule has 0 amide bonds. The van der Waals surface area contributed by atoms with Crippen LogP contribution in [0.5, 0.6) is 0 Å². The van der Waals surface area contributed by atoms with Crippen LogP contribution in [-0.4, -0.2) is 65.2 Å². The second-order valence-electron chi connectivity index (χ2n) is 10.5. The number of oxazole rings is 1. The molecule has 0 spiro atoms. The SMILES string of the molecule is Cc1cc(Cc2cc(C)[nH]n2)nc(-c2ccc(N3CC4CC(C3)N4Cc3ccc(-c4ncco4)nc3)nc2)n1. The number of fused-ring (bicyclic) bond motifs is 2. The number of piperidine rings is 1. The molecule has 39 heavy (non-hydrogen) atoms. The fourth-order valence-corrected chi connectivity index (χ4v) is 5.65. The van der Waals surface area contributed by atoms with E-state index in [-0.39, 0.29) is 0 Å². The zero-order chi connectivity index (χ0) is 26.3. The molecule has 3 saturated heterocycles. The second kappa shape index (κ2) is 9.70. The summed E-state index contributed by atoms with van der Waals surface area (Å²) in [7, 11) is 0. The fourth-order valence-electron chi connectivity index (χ4n) is 5.65. The van der Waals surface area contributed by atoms with E-state index in [4.69, 9.17) is 14.4 Å². The number of pyridine rings is 2. The molecule has 8 rings (SSSR count). The van der Waals surface area contributed by atoms with Crippen LogP contribution in [0.25, 0.3) is 23.0 Å². The molecular weight excluding hydrogens is 490 g/mol. The molecule has 3 aliphatic rings. The number of hydrogen-bond donors (Lipinski definition) is 1. The molecule has 10 heteroatoms. The average molecular weight is 520 g/mol. The van der Waals surface area contributed by atoms with Crippen LogP contribution in [0, 0.1) is 13.8 Å². The van der Waals surface area contributed by atoms with Crippen molar-refractivity contribution >= 4 is 5.82 Å². The summed E-state index contributed by atoms with van der Waals surface area (Å²) in [6, 6.07) is 13.4. The number of hydrogen-bond acceptors (Lipinski definition) is 9. The molecule has 2 atom stereocenters. The minimum absolute atomic E-state index is 0.519. The average Bonchev–Trinajstić information content (AvgIpc) is 3.64.